The van der Waals surface area contributed by atoms with Crippen molar-refractivity contribution < 1.29 is 14.3 Å². The van der Waals surface area contributed by atoms with Gasteiger partial charge in [-0.2, -0.15) is 9.97 Å². The summed E-state index contributed by atoms with van der Waals surface area (Å²) < 4.78 is 5.34. The monoisotopic (exact) mass is 382 g/mol. The molecule has 1 saturated heterocycles. The van der Waals surface area contributed by atoms with E-state index < -0.39 is 5.92 Å². The molecule has 0 radical (unpaired) electrons. The Hall–Kier alpha value is -3.20. The van der Waals surface area contributed by atoms with E-state index in [2.05, 4.69) is 20.6 Å². The fraction of sp³-hybridized carbons (Fsp3) is 0.368. The molecule has 0 unspecified atom stereocenters. The van der Waals surface area contributed by atoms with Gasteiger partial charge in [0.1, 0.15) is 11.6 Å². The third-order valence-electron chi connectivity index (χ3n) is 4.89. The van der Waals surface area contributed by atoms with Gasteiger partial charge >= 0.3 is 0 Å². The predicted octanol–water partition coefficient (Wildman–Crippen LogP) is 1.27. The highest BCUT2D eigenvalue weighted by atomic mass is 16.5. The second-order valence-electron chi connectivity index (χ2n) is 6.93. The summed E-state index contributed by atoms with van der Waals surface area (Å²) in [7, 11) is 0. The number of morpholine rings is 1. The molecule has 2 aromatic rings. The number of ether oxygens (including phenoxy) is 1. The molecule has 2 aliphatic rings. The van der Waals surface area contributed by atoms with E-state index in [-0.39, 0.29) is 24.1 Å². The van der Waals surface area contributed by atoms with Crippen LogP contribution in [0.15, 0.2) is 24.3 Å². The molecule has 0 aliphatic carbocycles. The standard InChI is InChI=1S/C19H22N6O3/c1-11-2-4-12(5-3-11)21-18(27)13-10-14(26)22-17-15(13)16(20)23-19(24-17)25-6-8-28-9-7-25/h2-5,13H,6-10H2,1H3,(H,21,27)(H3,20,22,23,24,26)/t13-/m1/s1. The fourth-order valence-corrected chi connectivity index (χ4v) is 3.38. The Balaban J connectivity index is 1.63. The lowest BCUT2D eigenvalue weighted by Gasteiger charge is -2.30. The molecule has 9 heteroatoms. The lowest BCUT2D eigenvalue weighted by atomic mass is 9.92. The highest BCUT2D eigenvalue weighted by Crippen LogP contribution is 2.36. The molecule has 1 aromatic carbocycles. The normalized spacial score (nSPS) is 19.0. The van der Waals surface area contributed by atoms with Crippen molar-refractivity contribution in [1.29, 1.82) is 0 Å². The maximum atomic E-state index is 12.9. The molecule has 146 valence electrons. The summed E-state index contributed by atoms with van der Waals surface area (Å²) in [6.07, 6.45) is -0.00481. The number of aryl methyl sites for hydroxylation is 1. The maximum Gasteiger partial charge on any atom is 0.232 e. The molecule has 0 saturated carbocycles. The fourth-order valence-electron chi connectivity index (χ4n) is 3.38. The van der Waals surface area contributed by atoms with Crippen molar-refractivity contribution in [3.8, 4) is 0 Å². The van der Waals surface area contributed by atoms with Gasteiger partial charge in [-0.05, 0) is 19.1 Å². The van der Waals surface area contributed by atoms with Crippen molar-refractivity contribution in [3.63, 3.8) is 0 Å². The number of hydrogen-bond donors (Lipinski definition) is 3. The molecule has 28 heavy (non-hydrogen) atoms. The van der Waals surface area contributed by atoms with Gasteiger partial charge in [-0.15, -0.1) is 0 Å². The summed E-state index contributed by atoms with van der Waals surface area (Å²) in [5.41, 5.74) is 8.41. The molecular formula is C19H22N6O3. The highest BCUT2D eigenvalue weighted by Gasteiger charge is 2.35. The van der Waals surface area contributed by atoms with Crippen molar-refractivity contribution in [2.75, 3.05) is 47.6 Å². The second-order valence-corrected chi connectivity index (χ2v) is 6.93. The molecule has 2 amide bonds. The molecule has 1 atom stereocenters. The minimum absolute atomic E-state index is 0.00481. The Labute approximate surface area is 162 Å². The highest BCUT2D eigenvalue weighted by molar-refractivity contribution is 6.05. The van der Waals surface area contributed by atoms with Gasteiger partial charge < -0.3 is 26.0 Å². The van der Waals surface area contributed by atoms with E-state index >= 15 is 0 Å². The lowest BCUT2D eigenvalue weighted by molar-refractivity contribution is -0.123. The second kappa shape index (κ2) is 7.43. The van der Waals surface area contributed by atoms with Gasteiger partial charge in [-0.1, -0.05) is 17.7 Å². The Bertz CT molecular complexity index is 909. The van der Waals surface area contributed by atoms with Crippen molar-refractivity contribution in [2.45, 2.75) is 19.3 Å². The first-order valence-corrected chi connectivity index (χ1v) is 9.19. The van der Waals surface area contributed by atoms with Crippen LogP contribution in [0, 0.1) is 6.92 Å². The van der Waals surface area contributed by atoms with Gasteiger partial charge in [0.15, 0.2) is 0 Å². The van der Waals surface area contributed by atoms with E-state index in [1.807, 2.05) is 36.1 Å². The van der Waals surface area contributed by atoms with Gasteiger partial charge in [-0.25, -0.2) is 0 Å². The number of benzene rings is 1. The van der Waals surface area contributed by atoms with E-state index in [1.165, 1.54) is 0 Å². The zero-order valence-electron chi connectivity index (χ0n) is 15.6. The number of nitrogens with zero attached hydrogens (tertiary/aromatic N) is 3. The minimum atomic E-state index is -0.746. The van der Waals surface area contributed by atoms with E-state index in [0.717, 1.165) is 5.56 Å². The Morgan fingerprint density at radius 3 is 2.68 bits per heavy atom. The Morgan fingerprint density at radius 2 is 1.96 bits per heavy atom. The Morgan fingerprint density at radius 1 is 1.25 bits per heavy atom. The van der Waals surface area contributed by atoms with Gasteiger partial charge in [0.05, 0.1) is 24.7 Å². The predicted molar refractivity (Wildman–Crippen MR) is 105 cm³/mol. The van der Waals surface area contributed by atoms with Crippen LogP contribution in [0.25, 0.3) is 0 Å². The van der Waals surface area contributed by atoms with Crippen LogP contribution in [0.3, 0.4) is 0 Å². The van der Waals surface area contributed by atoms with Gasteiger partial charge in [0.25, 0.3) is 0 Å². The largest absolute Gasteiger partial charge is 0.383 e. The number of nitrogen functional groups attached to an aromatic ring is 1. The number of nitrogens with one attached hydrogen (secondary N) is 2. The first kappa shape index (κ1) is 18.2. The smallest absolute Gasteiger partial charge is 0.232 e. The number of rotatable bonds is 3. The third-order valence-corrected chi connectivity index (χ3v) is 4.89. The number of carbonyl (C=O) groups is 2. The van der Waals surface area contributed by atoms with Gasteiger partial charge in [0.2, 0.25) is 17.8 Å². The number of hydrogen-bond acceptors (Lipinski definition) is 7. The molecule has 3 heterocycles. The zero-order chi connectivity index (χ0) is 19.7. The number of aromatic nitrogens is 2. The van der Waals surface area contributed by atoms with Crippen molar-refractivity contribution in [1.82, 2.24) is 9.97 Å². The SMILES string of the molecule is Cc1ccc(NC(=O)[C@@H]2CC(=O)Nc3nc(N4CCOCC4)nc(N)c32)cc1. The Kier molecular flexibility index (Phi) is 4.82. The molecule has 1 aromatic heterocycles. The van der Waals surface area contributed by atoms with Crippen LogP contribution in [0.5, 0.6) is 0 Å². The van der Waals surface area contributed by atoms with Crippen LogP contribution in [-0.4, -0.2) is 48.1 Å². The zero-order valence-corrected chi connectivity index (χ0v) is 15.6. The number of carbonyl (C=O) groups excluding carboxylic acids is 2. The lowest BCUT2D eigenvalue weighted by Crippen LogP contribution is -2.38. The summed E-state index contributed by atoms with van der Waals surface area (Å²) in [4.78, 5) is 35.9. The van der Waals surface area contributed by atoms with E-state index in [1.54, 1.807) is 0 Å². The van der Waals surface area contributed by atoms with Crippen LogP contribution in [0.2, 0.25) is 0 Å². The molecule has 4 N–H and O–H groups in total. The van der Waals surface area contributed by atoms with Crippen LogP contribution in [0.1, 0.15) is 23.5 Å². The van der Waals surface area contributed by atoms with Crippen molar-refractivity contribution >= 4 is 35.1 Å². The van der Waals surface area contributed by atoms with Crippen LogP contribution < -0.4 is 21.3 Å². The molecule has 2 aliphatic heterocycles. The first-order chi connectivity index (χ1) is 13.5. The van der Waals surface area contributed by atoms with E-state index in [9.17, 15) is 9.59 Å². The summed E-state index contributed by atoms with van der Waals surface area (Å²) in [5, 5.41) is 5.58. The number of amides is 2. The topological polar surface area (TPSA) is 122 Å². The summed E-state index contributed by atoms with van der Waals surface area (Å²) in [6, 6.07) is 7.45. The number of nitrogens with two attached hydrogens (primary N) is 1. The van der Waals surface area contributed by atoms with Crippen molar-refractivity contribution in [2.24, 2.45) is 0 Å². The van der Waals surface area contributed by atoms with Gasteiger partial charge in [-0.3, -0.25) is 9.59 Å². The minimum Gasteiger partial charge on any atom is -0.383 e. The summed E-state index contributed by atoms with van der Waals surface area (Å²) in [5.74, 6) is -0.398. The molecule has 9 nitrogen and oxygen atoms in total. The van der Waals surface area contributed by atoms with Crippen LogP contribution in [0.4, 0.5) is 23.3 Å². The van der Waals surface area contributed by atoms with E-state index in [4.69, 9.17) is 10.5 Å². The van der Waals surface area contributed by atoms with Crippen LogP contribution in [-0.2, 0) is 14.3 Å². The summed E-state index contributed by atoms with van der Waals surface area (Å²) in [6.45, 7) is 4.41. The van der Waals surface area contributed by atoms with Crippen molar-refractivity contribution in [3.05, 3.63) is 35.4 Å². The maximum absolute atomic E-state index is 12.9. The summed E-state index contributed by atoms with van der Waals surface area (Å²) >= 11 is 0. The average molecular weight is 382 g/mol. The molecule has 0 bridgehead atoms. The average Bonchev–Trinajstić information content (AvgIpc) is 2.69. The number of fused-ring (bicyclic) bond motifs is 1. The van der Waals surface area contributed by atoms with Gasteiger partial charge in [0, 0.05) is 25.2 Å². The van der Waals surface area contributed by atoms with E-state index in [0.29, 0.717) is 49.3 Å². The quantitative estimate of drug-likeness (QED) is 0.730. The third kappa shape index (κ3) is 3.61. The first-order valence-electron chi connectivity index (χ1n) is 9.19. The molecule has 4 rings (SSSR count). The molecule has 0 spiro atoms. The molecular weight excluding hydrogens is 360 g/mol. The number of anilines is 4. The molecule has 1 fully saturated rings. The van der Waals surface area contributed by atoms with Crippen LogP contribution >= 0.6 is 0 Å².